The minimum Gasteiger partial charge on any atom is -0.508 e. The first kappa shape index (κ1) is 11.9. The van der Waals surface area contributed by atoms with Crippen LogP contribution >= 0.6 is 0 Å². The highest BCUT2D eigenvalue weighted by Crippen LogP contribution is 2.29. The molecule has 1 atom stereocenters. The number of hydrogen-bond donors (Lipinski definition) is 1. The van der Waals surface area contributed by atoms with E-state index in [0.717, 1.165) is 6.26 Å². The van der Waals surface area contributed by atoms with Crippen LogP contribution < -0.4 is 0 Å². The summed E-state index contributed by atoms with van der Waals surface area (Å²) < 4.78 is 48.7. The first-order chi connectivity index (χ1) is 6.73. The van der Waals surface area contributed by atoms with Gasteiger partial charge in [-0.3, -0.25) is 0 Å². The molecule has 0 radical (unpaired) electrons. The van der Waals surface area contributed by atoms with E-state index in [0.29, 0.717) is 12.1 Å². The first-order valence-electron chi connectivity index (χ1n) is 4.10. The van der Waals surface area contributed by atoms with E-state index in [4.69, 9.17) is 5.11 Å². The van der Waals surface area contributed by atoms with Crippen LogP contribution in [0.1, 0.15) is 17.7 Å². The van der Waals surface area contributed by atoms with E-state index in [9.17, 15) is 17.2 Å². The van der Waals surface area contributed by atoms with Gasteiger partial charge in [0.1, 0.15) is 17.4 Å². The van der Waals surface area contributed by atoms with Crippen molar-refractivity contribution in [3.05, 3.63) is 29.3 Å². The molecule has 0 aliphatic carbocycles. The Labute approximate surface area is 86.3 Å². The Morgan fingerprint density at radius 3 is 2.00 bits per heavy atom. The molecule has 1 N–H and O–H groups in total. The highest BCUT2D eigenvalue weighted by atomic mass is 32.2. The summed E-state index contributed by atoms with van der Waals surface area (Å²) in [5, 5.41) is 7.59. The molecule has 3 nitrogen and oxygen atoms in total. The Kier molecular flexibility index (Phi) is 2.99. The number of halogens is 2. The van der Waals surface area contributed by atoms with Crippen LogP contribution in [-0.2, 0) is 9.84 Å². The van der Waals surface area contributed by atoms with Gasteiger partial charge in [-0.1, -0.05) is 0 Å². The van der Waals surface area contributed by atoms with Gasteiger partial charge in [0.25, 0.3) is 0 Å². The number of phenols is 1. The number of rotatable bonds is 2. The summed E-state index contributed by atoms with van der Waals surface area (Å²) in [6, 6.07) is 1.36. The lowest BCUT2D eigenvalue weighted by Crippen LogP contribution is -2.11. The Morgan fingerprint density at radius 1 is 1.27 bits per heavy atom. The van der Waals surface area contributed by atoms with Crippen molar-refractivity contribution in [3.63, 3.8) is 0 Å². The normalized spacial score (nSPS) is 13.9. The Hall–Kier alpha value is -1.17. The van der Waals surface area contributed by atoms with Crippen molar-refractivity contribution < 1.29 is 22.3 Å². The number of sulfone groups is 1. The summed E-state index contributed by atoms with van der Waals surface area (Å²) >= 11 is 0. The van der Waals surface area contributed by atoms with Gasteiger partial charge in [-0.25, -0.2) is 17.2 Å². The second-order valence-electron chi connectivity index (χ2n) is 3.29. The standard InChI is InChI=1S/C9H10F2O3S/c1-5(15(2,13)14)9-7(10)3-6(12)4-8(9)11/h3-5,12H,1-2H3. The van der Waals surface area contributed by atoms with Crippen molar-refractivity contribution in [1.29, 1.82) is 0 Å². The van der Waals surface area contributed by atoms with E-state index in [1.165, 1.54) is 6.92 Å². The Bertz CT molecular complexity index is 459. The maximum atomic E-state index is 13.2. The number of phenolic OH excluding ortho intramolecular Hbond substituents is 1. The van der Waals surface area contributed by atoms with Crippen LogP contribution in [-0.4, -0.2) is 19.8 Å². The summed E-state index contributed by atoms with van der Waals surface area (Å²) in [7, 11) is -3.58. The van der Waals surface area contributed by atoms with Gasteiger partial charge in [0.15, 0.2) is 9.84 Å². The Morgan fingerprint density at radius 2 is 1.67 bits per heavy atom. The average Bonchev–Trinajstić information content (AvgIpc) is 1.99. The van der Waals surface area contributed by atoms with E-state index in [2.05, 4.69) is 0 Å². The predicted octanol–water partition coefficient (Wildman–Crippen LogP) is 1.78. The molecule has 0 saturated carbocycles. The molecular formula is C9H10F2O3S. The third kappa shape index (κ3) is 2.44. The molecule has 0 spiro atoms. The van der Waals surface area contributed by atoms with Gasteiger partial charge in [-0.2, -0.15) is 0 Å². The van der Waals surface area contributed by atoms with Crippen LogP contribution in [0.25, 0.3) is 0 Å². The van der Waals surface area contributed by atoms with Crippen LogP contribution in [0.15, 0.2) is 12.1 Å². The fourth-order valence-corrected chi connectivity index (χ4v) is 1.83. The lowest BCUT2D eigenvalue weighted by Gasteiger charge is -2.12. The number of aromatic hydroxyl groups is 1. The van der Waals surface area contributed by atoms with Crippen LogP contribution in [0.3, 0.4) is 0 Å². The van der Waals surface area contributed by atoms with Gasteiger partial charge in [0.2, 0.25) is 0 Å². The van der Waals surface area contributed by atoms with Gasteiger partial charge >= 0.3 is 0 Å². The molecule has 0 aliphatic heterocycles. The molecule has 1 aromatic rings. The number of hydrogen-bond acceptors (Lipinski definition) is 3. The average molecular weight is 236 g/mol. The molecule has 0 heterocycles. The zero-order valence-electron chi connectivity index (χ0n) is 8.16. The smallest absolute Gasteiger partial charge is 0.154 e. The largest absolute Gasteiger partial charge is 0.508 e. The highest BCUT2D eigenvalue weighted by Gasteiger charge is 2.25. The topological polar surface area (TPSA) is 54.4 Å². The third-order valence-electron chi connectivity index (χ3n) is 2.11. The van der Waals surface area contributed by atoms with Crippen molar-refractivity contribution in [3.8, 4) is 5.75 Å². The van der Waals surface area contributed by atoms with Gasteiger partial charge in [0.05, 0.1) is 5.25 Å². The summed E-state index contributed by atoms with van der Waals surface area (Å²) in [5.41, 5.74) is -0.546. The molecule has 0 saturated heterocycles. The summed E-state index contributed by atoms with van der Waals surface area (Å²) in [6.07, 6.45) is 0.892. The maximum Gasteiger partial charge on any atom is 0.154 e. The highest BCUT2D eigenvalue weighted by molar-refractivity contribution is 7.90. The first-order valence-corrected chi connectivity index (χ1v) is 6.05. The molecule has 1 unspecified atom stereocenters. The summed E-state index contributed by atoms with van der Waals surface area (Å²) in [5.74, 6) is -2.70. The Balaban J connectivity index is 3.39. The monoisotopic (exact) mass is 236 g/mol. The van der Waals surface area contributed by atoms with Crippen molar-refractivity contribution in [2.24, 2.45) is 0 Å². The van der Waals surface area contributed by atoms with E-state index in [1.54, 1.807) is 0 Å². The molecule has 15 heavy (non-hydrogen) atoms. The molecule has 0 aliphatic rings. The van der Waals surface area contributed by atoms with Crippen molar-refractivity contribution in [1.82, 2.24) is 0 Å². The SMILES string of the molecule is CC(c1c(F)cc(O)cc1F)S(C)(=O)=O. The van der Waals surface area contributed by atoms with Gasteiger partial charge in [-0.05, 0) is 6.92 Å². The van der Waals surface area contributed by atoms with E-state index < -0.39 is 38.0 Å². The molecule has 0 bridgehead atoms. The van der Waals surface area contributed by atoms with Crippen LogP contribution in [0, 0.1) is 11.6 Å². The molecule has 1 rings (SSSR count). The van der Waals surface area contributed by atoms with Crippen molar-refractivity contribution in [2.75, 3.05) is 6.26 Å². The summed E-state index contributed by atoms with van der Waals surface area (Å²) in [4.78, 5) is 0. The van der Waals surface area contributed by atoms with Crippen LogP contribution in [0.4, 0.5) is 8.78 Å². The minimum atomic E-state index is -3.58. The molecule has 0 fully saturated rings. The molecule has 84 valence electrons. The second-order valence-corrected chi connectivity index (χ2v) is 5.66. The second kappa shape index (κ2) is 3.77. The molecular weight excluding hydrogens is 226 g/mol. The zero-order chi connectivity index (χ0) is 11.8. The van der Waals surface area contributed by atoms with Crippen molar-refractivity contribution >= 4 is 9.84 Å². The van der Waals surface area contributed by atoms with E-state index in [-0.39, 0.29) is 0 Å². The van der Waals surface area contributed by atoms with Crippen LogP contribution in [0.2, 0.25) is 0 Å². The third-order valence-corrected chi connectivity index (χ3v) is 3.63. The minimum absolute atomic E-state index is 0.546. The fourth-order valence-electron chi connectivity index (χ4n) is 1.17. The molecule has 1 aromatic carbocycles. The molecule has 0 aromatic heterocycles. The number of benzene rings is 1. The maximum absolute atomic E-state index is 13.2. The summed E-state index contributed by atoms with van der Waals surface area (Å²) in [6.45, 7) is 1.19. The van der Waals surface area contributed by atoms with Gasteiger partial charge in [-0.15, -0.1) is 0 Å². The fraction of sp³-hybridized carbons (Fsp3) is 0.333. The lowest BCUT2D eigenvalue weighted by molar-refractivity contribution is 0.456. The van der Waals surface area contributed by atoms with Gasteiger partial charge in [0, 0.05) is 24.0 Å². The predicted molar refractivity (Wildman–Crippen MR) is 51.3 cm³/mol. The van der Waals surface area contributed by atoms with Gasteiger partial charge < -0.3 is 5.11 Å². The lowest BCUT2D eigenvalue weighted by atomic mass is 10.1. The van der Waals surface area contributed by atoms with Crippen LogP contribution in [0.5, 0.6) is 5.75 Å². The molecule has 0 amide bonds. The van der Waals surface area contributed by atoms with E-state index in [1.807, 2.05) is 0 Å². The van der Waals surface area contributed by atoms with E-state index >= 15 is 0 Å². The zero-order valence-corrected chi connectivity index (χ0v) is 8.98. The van der Waals surface area contributed by atoms with Crippen molar-refractivity contribution in [2.45, 2.75) is 12.2 Å². The molecule has 6 heteroatoms. The quantitative estimate of drug-likeness (QED) is 0.851.